The summed E-state index contributed by atoms with van der Waals surface area (Å²) in [4.78, 5) is 15.1. The third-order valence-electron chi connectivity index (χ3n) is 2.38. The minimum Gasteiger partial charge on any atom is -0.286 e. The minimum atomic E-state index is -0.279. The van der Waals surface area contributed by atoms with Crippen LogP contribution in [-0.4, -0.2) is 27.0 Å². The Morgan fingerprint density at radius 3 is 2.82 bits per heavy atom. The molecule has 0 aromatic heterocycles. The van der Waals surface area contributed by atoms with Crippen LogP contribution in [-0.2, 0) is 4.79 Å². The molecule has 1 amide bonds. The van der Waals surface area contributed by atoms with Crippen LogP contribution in [0.2, 0.25) is 0 Å². The molecule has 1 N–H and O–H groups in total. The first-order valence-electron chi connectivity index (χ1n) is 5.05. The van der Waals surface area contributed by atoms with Crippen LogP contribution >= 0.6 is 11.8 Å². The zero-order chi connectivity index (χ0) is 11.8. The summed E-state index contributed by atoms with van der Waals surface area (Å²) in [5.41, 5.74) is 0.967. The summed E-state index contributed by atoms with van der Waals surface area (Å²) in [5, 5.41) is 14.7. The van der Waals surface area contributed by atoms with Crippen molar-refractivity contribution in [2.24, 2.45) is 10.1 Å². The normalized spacial score (nSPS) is 18.9. The molecule has 0 aliphatic carbocycles. The molecule has 2 aliphatic heterocycles. The van der Waals surface area contributed by atoms with Crippen molar-refractivity contribution in [3.63, 3.8) is 0 Å². The number of hydrogen-bond acceptors (Lipinski definition) is 4. The molecule has 2 aliphatic rings. The molecule has 1 aromatic rings. The molecule has 0 unspecified atom stereocenters. The number of hydrogen-bond donors (Lipinski definition) is 1. The molecule has 0 saturated carbocycles. The number of fused-ring (bicyclic) bond motifs is 1. The molecule has 1 aromatic carbocycles. The monoisotopic (exact) mass is 244 g/mol. The minimum absolute atomic E-state index is 0.0234. The van der Waals surface area contributed by atoms with Crippen LogP contribution in [0.15, 0.2) is 40.4 Å². The van der Waals surface area contributed by atoms with E-state index in [1.165, 1.54) is 16.8 Å². The summed E-state index contributed by atoms with van der Waals surface area (Å²) < 4.78 is 0. The number of rotatable bonds is 1. The molecule has 0 saturated heterocycles. The van der Waals surface area contributed by atoms with Gasteiger partial charge in [0, 0.05) is 5.56 Å². The predicted molar refractivity (Wildman–Crippen MR) is 67.2 cm³/mol. The summed E-state index contributed by atoms with van der Waals surface area (Å²) >= 11 is 1.32. The van der Waals surface area contributed by atoms with E-state index in [0.29, 0.717) is 5.17 Å². The number of nitrogens with zero attached hydrogens (tertiary/aromatic N) is 3. The van der Waals surface area contributed by atoms with Crippen molar-refractivity contribution in [3.8, 4) is 0 Å². The van der Waals surface area contributed by atoms with Gasteiger partial charge in [-0.3, -0.25) is 10.2 Å². The maximum absolute atomic E-state index is 11.2. The molecule has 0 atom stereocenters. The Hall–Kier alpha value is -1.95. The zero-order valence-electron chi connectivity index (χ0n) is 8.75. The van der Waals surface area contributed by atoms with Crippen molar-refractivity contribution in [2.75, 3.05) is 0 Å². The van der Waals surface area contributed by atoms with Gasteiger partial charge in [-0.2, -0.15) is 15.1 Å². The lowest BCUT2D eigenvalue weighted by Crippen LogP contribution is -2.33. The Labute approximate surface area is 102 Å². The molecule has 17 heavy (non-hydrogen) atoms. The Kier molecular flexibility index (Phi) is 2.29. The van der Waals surface area contributed by atoms with Crippen LogP contribution in [0, 0.1) is 5.41 Å². The Morgan fingerprint density at radius 1 is 1.29 bits per heavy atom. The molecule has 0 radical (unpaired) electrons. The van der Waals surface area contributed by atoms with Gasteiger partial charge in [-0.1, -0.05) is 30.3 Å². The molecule has 0 spiro atoms. The van der Waals surface area contributed by atoms with E-state index in [9.17, 15) is 4.79 Å². The van der Waals surface area contributed by atoms with Gasteiger partial charge in [-0.25, -0.2) is 0 Å². The zero-order valence-corrected chi connectivity index (χ0v) is 9.57. The third-order valence-corrected chi connectivity index (χ3v) is 3.33. The van der Waals surface area contributed by atoms with Crippen molar-refractivity contribution in [1.82, 2.24) is 5.01 Å². The molecular weight excluding hydrogens is 236 g/mol. The second kappa shape index (κ2) is 3.81. The Balaban J connectivity index is 1.98. The number of amidine groups is 2. The lowest BCUT2D eigenvalue weighted by molar-refractivity contribution is -0.117. The number of aliphatic imine (C=N–C) groups is 1. The standard InChI is InChI=1S/C11H8N4OS/c12-8-6-9(16)13-11-15(8)14-10(17-11)7-4-2-1-3-5-7/h1-5,12H,6H2. The topological polar surface area (TPSA) is 68.9 Å². The number of nitrogens with one attached hydrogen (secondary N) is 1. The number of carbonyl (C=O) groups excluding carboxylic acids is 1. The first-order chi connectivity index (χ1) is 8.24. The summed E-state index contributed by atoms with van der Waals surface area (Å²) in [6.45, 7) is 0. The second-order valence-corrected chi connectivity index (χ2v) is 4.55. The lowest BCUT2D eigenvalue weighted by Gasteiger charge is -2.17. The van der Waals surface area contributed by atoms with E-state index in [1.54, 1.807) is 0 Å². The second-order valence-electron chi connectivity index (χ2n) is 3.60. The molecule has 3 rings (SSSR count). The van der Waals surface area contributed by atoms with Crippen molar-refractivity contribution in [2.45, 2.75) is 6.42 Å². The highest BCUT2D eigenvalue weighted by Crippen LogP contribution is 2.28. The maximum Gasteiger partial charge on any atom is 0.255 e. The van der Waals surface area contributed by atoms with Gasteiger partial charge in [-0.15, -0.1) is 0 Å². The van der Waals surface area contributed by atoms with E-state index in [0.717, 1.165) is 10.6 Å². The van der Waals surface area contributed by atoms with Gasteiger partial charge in [-0.05, 0) is 11.8 Å². The quantitative estimate of drug-likeness (QED) is 0.816. The van der Waals surface area contributed by atoms with E-state index < -0.39 is 0 Å². The number of amides is 1. The summed E-state index contributed by atoms with van der Waals surface area (Å²) in [5.74, 6) is -0.100. The first kappa shape index (κ1) is 10.2. The van der Waals surface area contributed by atoms with Crippen LogP contribution < -0.4 is 0 Å². The number of carbonyl (C=O) groups is 1. The van der Waals surface area contributed by atoms with Crippen molar-refractivity contribution in [3.05, 3.63) is 35.9 Å². The summed E-state index contributed by atoms with van der Waals surface area (Å²) in [6.07, 6.45) is 0.0234. The third kappa shape index (κ3) is 1.76. The van der Waals surface area contributed by atoms with Gasteiger partial charge in [0.05, 0.1) is 6.42 Å². The molecule has 6 heteroatoms. The summed E-state index contributed by atoms with van der Waals surface area (Å²) in [7, 11) is 0. The predicted octanol–water partition coefficient (Wildman–Crippen LogP) is 1.66. The van der Waals surface area contributed by atoms with Gasteiger partial charge in [0.2, 0.25) is 0 Å². The lowest BCUT2D eigenvalue weighted by atomic mass is 10.2. The molecule has 84 valence electrons. The number of benzene rings is 1. The van der Waals surface area contributed by atoms with Gasteiger partial charge in [0.15, 0.2) is 5.17 Å². The maximum atomic E-state index is 11.2. The average molecular weight is 244 g/mol. The highest BCUT2D eigenvalue weighted by molar-refractivity contribution is 8.27. The highest BCUT2D eigenvalue weighted by Gasteiger charge is 2.32. The number of thioether (sulfide) groups is 1. The Bertz CT molecular complexity index is 564. The van der Waals surface area contributed by atoms with Gasteiger partial charge in [0.25, 0.3) is 5.91 Å². The fourth-order valence-corrected chi connectivity index (χ4v) is 2.53. The van der Waals surface area contributed by atoms with Crippen LogP contribution in [0.5, 0.6) is 0 Å². The van der Waals surface area contributed by atoms with Crippen LogP contribution in [0.1, 0.15) is 12.0 Å². The van der Waals surface area contributed by atoms with E-state index in [1.807, 2.05) is 30.3 Å². The van der Waals surface area contributed by atoms with Gasteiger partial charge < -0.3 is 0 Å². The summed E-state index contributed by atoms with van der Waals surface area (Å²) in [6, 6.07) is 9.66. The number of hydrazone groups is 1. The van der Waals surface area contributed by atoms with Crippen molar-refractivity contribution < 1.29 is 4.79 Å². The molecule has 0 fully saturated rings. The molecule has 5 nitrogen and oxygen atoms in total. The van der Waals surface area contributed by atoms with E-state index in [2.05, 4.69) is 10.1 Å². The largest absolute Gasteiger partial charge is 0.286 e. The van der Waals surface area contributed by atoms with E-state index in [-0.39, 0.29) is 18.2 Å². The molecule has 2 heterocycles. The smallest absolute Gasteiger partial charge is 0.255 e. The van der Waals surface area contributed by atoms with Crippen molar-refractivity contribution in [1.29, 1.82) is 5.41 Å². The van der Waals surface area contributed by atoms with Crippen LogP contribution in [0.3, 0.4) is 0 Å². The molecular formula is C11H8N4OS. The van der Waals surface area contributed by atoms with Crippen molar-refractivity contribution >= 4 is 33.7 Å². The molecule has 0 bridgehead atoms. The highest BCUT2D eigenvalue weighted by atomic mass is 32.2. The fourth-order valence-electron chi connectivity index (χ4n) is 1.59. The average Bonchev–Trinajstić information content (AvgIpc) is 2.74. The SMILES string of the molecule is N=C1CC(=O)N=C2SC(c3ccccc3)=NN12. The fraction of sp³-hybridized carbons (Fsp3) is 0.0909. The van der Waals surface area contributed by atoms with Crippen LogP contribution in [0.25, 0.3) is 0 Å². The van der Waals surface area contributed by atoms with Crippen LogP contribution in [0.4, 0.5) is 0 Å². The van der Waals surface area contributed by atoms with E-state index in [4.69, 9.17) is 5.41 Å². The Morgan fingerprint density at radius 2 is 2.06 bits per heavy atom. The van der Waals surface area contributed by atoms with Gasteiger partial charge in [0.1, 0.15) is 10.9 Å². The first-order valence-corrected chi connectivity index (χ1v) is 5.86. The van der Waals surface area contributed by atoms with Gasteiger partial charge >= 0.3 is 0 Å². The van der Waals surface area contributed by atoms with E-state index >= 15 is 0 Å².